The molecule has 136 valence electrons. The number of amides is 1. The van der Waals surface area contributed by atoms with E-state index in [4.69, 9.17) is 0 Å². The number of carbonyl (C=O) groups excluding carboxylic acids is 1. The largest absolute Gasteiger partial charge is 0.357 e. The van der Waals surface area contributed by atoms with E-state index in [1.165, 1.54) is 12.1 Å². The molecule has 0 saturated carbocycles. The SMILES string of the molecule is CCN(Cc1ccc(C(=O)N(C)C)cc1)Cc1cc2ccc(F)cc2[nH]1. The number of aromatic amines is 1. The highest BCUT2D eigenvalue weighted by Gasteiger charge is 2.10. The van der Waals surface area contributed by atoms with Gasteiger partial charge in [0.1, 0.15) is 5.82 Å². The minimum absolute atomic E-state index is 0.00852. The third kappa shape index (κ3) is 4.11. The molecule has 1 aromatic heterocycles. The van der Waals surface area contributed by atoms with Crippen molar-refractivity contribution >= 4 is 16.8 Å². The number of hydrogen-bond acceptors (Lipinski definition) is 2. The van der Waals surface area contributed by atoms with E-state index in [0.29, 0.717) is 5.56 Å². The number of nitrogens with one attached hydrogen (secondary N) is 1. The molecule has 0 unspecified atom stereocenters. The van der Waals surface area contributed by atoms with E-state index in [1.54, 1.807) is 25.1 Å². The average molecular weight is 353 g/mol. The van der Waals surface area contributed by atoms with E-state index in [0.717, 1.165) is 41.8 Å². The second kappa shape index (κ2) is 7.70. The number of H-pyrrole nitrogens is 1. The Morgan fingerprint density at radius 3 is 2.42 bits per heavy atom. The number of hydrogen-bond donors (Lipinski definition) is 1. The third-order valence-corrected chi connectivity index (χ3v) is 4.49. The maximum absolute atomic E-state index is 13.3. The molecule has 4 nitrogen and oxygen atoms in total. The lowest BCUT2D eigenvalue weighted by molar-refractivity contribution is 0.0827. The van der Waals surface area contributed by atoms with Gasteiger partial charge in [-0.2, -0.15) is 0 Å². The first-order chi connectivity index (χ1) is 12.5. The first-order valence-corrected chi connectivity index (χ1v) is 8.76. The minimum atomic E-state index is -0.231. The van der Waals surface area contributed by atoms with Crippen LogP contribution in [0.4, 0.5) is 4.39 Å². The molecule has 3 aromatic rings. The first-order valence-electron chi connectivity index (χ1n) is 8.76. The first kappa shape index (κ1) is 18.1. The predicted molar refractivity (Wildman–Crippen MR) is 103 cm³/mol. The summed E-state index contributed by atoms with van der Waals surface area (Å²) >= 11 is 0. The van der Waals surface area contributed by atoms with Gasteiger partial charge in [0.2, 0.25) is 0 Å². The molecule has 3 rings (SSSR count). The lowest BCUT2D eigenvalue weighted by atomic mass is 10.1. The van der Waals surface area contributed by atoms with Gasteiger partial charge in [-0.3, -0.25) is 9.69 Å². The molecule has 1 amide bonds. The Morgan fingerprint density at radius 2 is 1.77 bits per heavy atom. The fourth-order valence-electron chi connectivity index (χ4n) is 3.03. The molecule has 0 radical (unpaired) electrons. The second-order valence-corrected chi connectivity index (χ2v) is 6.73. The Hall–Kier alpha value is -2.66. The van der Waals surface area contributed by atoms with Crippen LogP contribution in [0.5, 0.6) is 0 Å². The fourth-order valence-corrected chi connectivity index (χ4v) is 3.03. The molecule has 0 bridgehead atoms. The van der Waals surface area contributed by atoms with Crippen molar-refractivity contribution in [3.8, 4) is 0 Å². The van der Waals surface area contributed by atoms with Crippen molar-refractivity contribution < 1.29 is 9.18 Å². The van der Waals surface area contributed by atoms with Crippen molar-refractivity contribution in [1.82, 2.24) is 14.8 Å². The van der Waals surface area contributed by atoms with E-state index in [2.05, 4.69) is 22.9 Å². The number of aromatic nitrogens is 1. The molecular weight excluding hydrogens is 329 g/mol. The van der Waals surface area contributed by atoms with Gasteiger partial charge < -0.3 is 9.88 Å². The zero-order chi connectivity index (χ0) is 18.7. The molecule has 26 heavy (non-hydrogen) atoms. The molecule has 5 heteroatoms. The van der Waals surface area contributed by atoms with E-state index in [9.17, 15) is 9.18 Å². The van der Waals surface area contributed by atoms with Crippen LogP contribution in [-0.4, -0.2) is 41.3 Å². The van der Waals surface area contributed by atoms with Gasteiger partial charge in [-0.1, -0.05) is 19.1 Å². The van der Waals surface area contributed by atoms with Crippen LogP contribution in [0.15, 0.2) is 48.5 Å². The highest BCUT2D eigenvalue weighted by atomic mass is 19.1. The van der Waals surface area contributed by atoms with Crippen molar-refractivity contribution in [3.63, 3.8) is 0 Å². The third-order valence-electron chi connectivity index (χ3n) is 4.49. The van der Waals surface area contributed by atoms with Crippen molar-refractivity contribution in [2.24, 2.45) is 0 Å². The smallest absolute Gasteiger partial charge is 0.253 e. The highest BCUT2D eigenvalue weighted by molar-refractivity contribution is 5.93. The zero-order valence-electron chi connectivity index (χ0n) is 15.4. The van der Waals surface area contributed by atoms with Crippen molar-refractivity contribution in [3.05, 3.63) is 71.2 Å². The average Bonchev–Trinajstić information content (AvgIpc) is 3.02. The van der Waals surface area contributed by atoms with Crippen molar-refractivity contribution in [2.75, 3.05) is 20.6 Å². The standard InChI is InChI=1S/C21H24FN3O/c1-4-25(13-15-5-7-16(8-6-15)21(26)24(2)3)14-19-11-17-9-10-18(22)12-20(17)23-19/h5-12,23H,4,13-14H2,1-3H3. The van der Waals surface area contributed by atoms with Gasteiger partial charge in [-0.15, -0.1) is 0 Å². The molecule has 0 saturated heterocycles. The van der Waals surface area contributed by atoms with Gasteiger partial charge in [-0.25, -0.2) is 4.39 Å². The molecule has 0 atom stereocenters. The summed E-state index contributed by atoms with van der Waals surface area (Å²) in [6.45, 7) is 4.55. The van der Waals surface area contributed by atoms with Gasteiger partial charge in [0.15, 0.2) is 0 Å². The van der Waals surface area contributed by atoms with Crippen LogP contribution in [0.1, 0.15) is 28.5 Å². The zero-order valence-corrected chi connectivity index (χ0v) is 15.4. The Morgan fingerprint density at radius 1 is 1.04 bits per heavy atom. The summed E-state index contributed by atoms with van der Waals surface area (Å²) in [5.74, 6) is -0.222. The summed E-state index contributed by atoms with van der Waals surface area (Å²) in [5, 5.41) is 1.02. The lowest BCUT2D eigenvalue weighted by Crippen LogP contribution is -2.23. The van der Waals surface area contributed by atoms with Crippen LogP contribution in [0, 0.1) is 5.82 Å². The van der Waals surface area contributed by atoms with Crippen LogP contribution >= 0.6 is 0 Å². The van der Waals surface area contributed by atoms with E-state index < -0.39 is 0 Å². The maximum atomic E-state index is 13.3. The maximum Gasteiger partial charge on any atom is 0.253 e. The molecule has 0 aliphatic heterocycles. The van der Waals surface area contributed by atoms with E-state index in [-0.39, 0.29) is 11.7 Å². The van der Waals surface area contributed by atoms with Gasteiger partial charge in [0, 0.05) is 44.0 Å². The second-order valence-electron chi connectivity index (χ2n) is 6.73. The molecule has 0 spiro atoms. The summed E-state index contributed by atoms with van der Waals surface area (Å²) in [6, 6.07) is 14.6. The quantitative estimate of drug-likeness (QED) is 0.727. The summed E-state index contributed by atoms with van der Waals surface area (Å²) in [7, 11) is 3.50. The number of benzene rings is 2. The highest BCUT2D eigenvalue weighted by Crippen LogP contribution is 2.18. The molecule has 1 N–H and O–H groups in total. The summed E-state index contributed by atoms with van der Waals surface area (Å²) in [5.41, 5.74) is 3.73. The minimum Gasteiger partial charge on any atom is -0.357 e. The molecule has 2 aromatic carbocycles. The number of carbonyl (C=O) groups is 1. The Balaban J connectivity index is 1.69. The van der Waals surface area contributed by atoms with Gasteiger partial charge in [0.05, 0.1) is 0 Å². The Bertz CT molecular complexity index is 899. The van der Waals surface area contributed by atoms with Crippen LogP contribution in [0.3, 0.4) is 0 Å². The van der Waals surface area contributed by atoms with Crippen LogP contribution < -0.4 is 0 Å². The Labute approximate surface area is 153 Å². The molecule has 0 fully saturated rings. The number of rotatable bonds is 6. The van der Waals surface area contributed by atoms with E-state index >= 15 is 0 Å². The Kier molecular flexibility index (Phi) is 5.38. The summed E-state index contributed by atoms with van der Waals surface area (Å²) in [6.07, 6.45) is 0. The molecule has 0 aliphatic carbocycles. The summed E-state index contributed by atoms with van der Waals surface area (Å²) < 4.78 is 13.3. The predicted octanol–water partition coefficient (Wildman–Crippen LogP) is 4.03. The van der Waals surface area contributed by atoms with Gasteiger partial charge in [0.25, 0.3) is 5.91 Å². The van der Waals surface area contributed by atoms with Crippen LogP contribution in [0.2, 0.25) is 0 Å². The number of halogens is 1. The topological polar surface area (TPSA) is 39.3 Å². The van der Waals surface area contributed by atoms with Crippen molar-refractivity contribution in [1.29, 1.82) is 0 Å². The normalized spacial score (nSPS) is 11.3. The molecule has 0 aliphatic rings. The van der Waals surface area contributed by atoms with Crippen molar-refractivity contribution in [2.45, 2.75) is 20.0 Å². The fraction of sp³-hybridized carbons (Fsp3) is 0.286. The van der Waals surface area contributed by atoms with E-state index in [1.807, 2.05) is 24.3 Å². The number of nitrogens with zero attached hydrogens (tertiary/aromatic N) is 2. The molecule has 1 heterocycles. The monoisotopic (exact) mass is 353 g/mol. The lowest BCUT2D eigenvalue weighted by Gasteiger charge is -2.20. The molecular formula is C21H24FN3O. The van der Waals surface area contributed by atoms with Gasteiger partial charge >= 0.3 is 0 Å². The number of fused-ring (bicyclic) bond motifs is 1. The van der Waals surface area contributed by atoms with Crippen LogP contribution in [-0.2, 0) is 13.1 Å². The summed E-state index contributed by atoms with van der Waals surface area (Å²) in [4.78, 5) is 19.1. The van der Waals surface area contributed by atoms with Gasteiger partial charge in [-0.05, 0) is 53.9 Å². The van der Waals surface area contributed by atoms with Crippen LogP contribution in [0.25, 0.3) is 10.9 Å².